The lowest BCUT2D eigenvalue weighted by atomic mass is 10.2. The zero-order valence-corrected chi connectivity index (χ0v) is 13.5. The third kappa shape index (κ3) is 2.78. The Kier molecular flexibility index (Phi) is 3.78. The fourth-order valence-electron chi connectivity index (χ4n) is 2.88. The maximum absolute atomic E-state index is 12.4. The molecular weight excluding hydrogens is 328 g/mol. The number of hydrogen-bond acceptors (Lipinski definition) is 5. The van der Waals surface area contributed by atoms with Gasteiger partial charge in [-0.25, -0.2) is 0 Å². The molecule has 1 aliphatic rings. The normalized spacial score (nSPS) is 17.4. The third-order valence-corrected chi connectivity index (χ3v) is 4.44. The van der Waals surface area contributed by atoms with Crippen molar-refractivity contribution in [2.45, 2.75) is 12.5 Å². The van der Waals surface area contributed by atoms with Crippen molar-refractivity contribution in [1.29, 1.82) is 0 Å². The van der Waals surface area contributed by atoms with Gasteiger partial charge >= 0.3 is 0 Å². The van der Waals surface area contributed by atoms with E-state index in [1.54, 1.807) is 29.0 Å². The molecule has 1 amide bonds. The van der Waals surface area contributed by atoms with Crippen LogP contribution in [0.1, 0.15) is 16.8 Å². The van der Waals surface area contributed by atoms with E-state index in [4.69, 9.17) is 11.6 Å². The Hall–Kier alpha value is -2.67. The summed E-state index contributed by atoms with van der Waals surface area (Å²) in [4.78, 5) is 14.5. The first-order chi connectivity index (χ1) is 11.7. The van der Waals surface area contributed by atoms with Gasteiger partial charge in [-0.3, -0.25) is 4.79 Å². The molecule has 0 bridgehead atoms. The summed E-state index contributed by atoms with van der Waals surface area (Å²) in [5.41, 5.74) is 1.21. The average molecular weight is 343 g/mol. The van der Waals surface area contributed by atoms with Gasteiger partial charge in [0.2, 0.25) is 0 Å². The van der Waals surface area contributed by atoms with Crippen LogP contribution in [0, 0.1) is 0 Å². The molecule has 1 aromatic carbocycles. The molecule has 1 atom stereocenters. The number of nitrogens with zero attached hydrogens (tertiary/aromatic N) is 5. The first-order valence-electron chi connectivity index (χ1n) is 7.68. The minimum absolute atomic E-state index is 0.0622. The smallest absolute Gasteiger partial charge is 0.253 e. The van der Waals surface area contributed by atoms with Gasteiger partial charge in [-0.15, -0.1) is 15.3 Å². The lowest BCUT2D eigenvalue weighted by Crippen LogP contribution is -2.37. The maximum Gasteiger partial charge on any atom is 0.253 e. The number of amides is 1. The summed E-state index contributed by atoms with van der Waals surface area (Å²) in [6.07, 6.45) is 2.43. The molecule has 0 unspecified atom stereocenters. The van der Waals surface area contributed by atoms with Crippen LogP contribution in [-0.4, -0.2) is 44.8 Å². The van der Waals surface area contributed by atoms with Crippen LogP contribution in [0.15, 0.2) is 42.7 Å². The summed E-state index contributed by atoms with van der Waals surface area (Å²) < 4.78 is 1.64. The molecule has 0 radical (unpaired) electrons. The molecule has 0 saturated carbocycles. The minimum atomic E-state index is -0.144. The molecule has 8 heteroatoms. The average Bonchev–Trinajstić information content (AvgIpc) is 3.23. The standard InChI is InChI=1S/C16H15ClN6O/c17-13-4-2-1-3-12(13)16(24)19-11-7-8-22(9-11)15-6-5-14-20-18-10-23(14)21-15/h1-6,10-11H,7-9H2,(H,19,24)/t11-/m0/s1. The van der Waals surface area contributed by atoms with Crippen molar-refractivity contribution >= 4 is 29.0 Å². The molecule has 3 heterocycles. The number of aromatic nitrogens is 4. The van der Waals surface area contributed by atoms with E-state index < -0.39 is 0 Å². The van der Waals surface area contributed by atoms with Crippen molar-refractivity contribution in [2.24, 2.45) is 0 Å². The highest BCUT2D eigenvalue weighted by molar-refractivity contribution is 6.33. The molecule has 3 aromatic rings. The fraction of sp³-hybridized carbons (Fsp3) is 0.250. The number of anilines is 1. The SMILES string of the molecule is O=C(N[C@H]1CCN(c2ccc3nncn3n2)C1)c1ccccc1Cl. The van der Waals surface area contributed by atoms with Crippen molar-refractivity contribution in [2.75, 3.05) is 18.0 Å². The van der Waals surface area contributed by atoms with Crippen molar-refractivity contribution in [3.63, 3.8) is 0 Å². The fourth-order valence-corrected chi connectivity index (χ4v) is 3.10. The van der Waals surface area contributed by atoms with E-state index in [9.17, 15) is 4.79 Å². The number of fused-ring (bicyclic) bond motifs is 1. The van der Waals surface area contributed by atoms with Gasteiger partial charge in [-0.05, 0) is 30.7 Å². The van der Waals surface area contributed by atoms with Crippen LogP contribution in [0.3, 0.4) is 0 Å². The molecule has 1 fully saturated rings. The van der Waals surface area contributed by atoms with Gasteiger partial charge in [0.15, 0.2) is 5.65 Å². The highest BCUT2D eigenvalue weighted by Gasteiger charge is 2.26. The Labute approximate surface area is 143 Å². The third-order valence-electron chi connectivity index (χ3n) is 4.11. The Balaban J connectivity index is 1.44. The molecule has 2 aromatic heterocycles. The number of carbonyl (C=O) groups is 1. The summed E-state index contributed by atoms with van der Waals surface area (Å²) in [5.74, 6) is 0.700. The molecule has 0 spiro atoms. The van der Waals surface area contributed by atoms with Gasteiger partial charge in [0.25, 0.3) is 5.91 Å². The Morgan fingerprint density at radius 2 is 2.12 bits per heavy atom. The molecule has 0 aliphatic carbocycles. The van der Waals surface area contributed by atoms with E-state index in [1.165, 1.54) is 0 Å². The van der Waals surface area contributed by atoms with Crippen molar-refractivity contribution in [1.82, 2.24) is 25.1 Å². The molecule has 4 rings (SSSR count). The second-order valence-electron chi connectivity index (χ2n) is 5.71. The second-order valence-corrected chi connectivity index (χ2v) is 6.12. The molecule has 1 saturated heterocycles. The lowest BCUT2D eigenvalue weighted by Gasteiger charge is -2.18. The molecule has 122 valence electrons. The van der Waals surface area contributed by atoms with E-state index in [-0.39, 0.29) is 11.9 Å². The van der Waals surface area contributed by atoms with E-state index >= 15 is 0 Å². The lowest BCUT2D eigenvalue weighted by molar-refractivity contribution is 0.0940. The predicted octanol–water partition coefficient (Wildman–Crippen LogP) is 1.79. The number of carbonyl (C=O) groups excluding carboxylic acids is 1. The number of hydrogen-bond donors (Lipinski definition) is 1. The van der Waals surface area contributed by atoms with Crippen LogP contribution in [-0.2, 0) is 0 Å². The zero-order chi connectivity index (χ0) is 16.5. The van der Waals surface area contributed by atoms with Crippen LogP contribution in [0.2, 0.25) is 5.02 Å². The van der Waals surface area contributed by atoms with Gasteiger partial charge in [0.05, 0.1) is 10.6 Å². The first-order valence-corrected chi connectivity index (χ1v) is 8.06. The highest BCUT2D eigenvalue weighted by atomic mass is 35.5. The van der Waals surface area contributed by atoms with Gasteiger partial charge in [0.1, 0.15) is 12.1 Å². The van der Waals surface area contributed by atoms with Gasteiger partial charge < -0.3 is 10.2 Å². The van der Waals surface area contributed by atoms with Crippen LogP contribution in [0.5, 0.6) is 0 Å². The highest BCUT2D eigenvalue weighted by Crippen LogP contribution is 2.20. The van der Waals surface area contributed by atoms with Crippen LogP contribution in [0.25, 0.3) is 5.65 Å². The van der Waals surface area contributed by atoms with Gasteiger partial charge in [0, 0.05) is 19.1 Å². The summed E-state index contributed by atoms with van der Waals surface area (Å²) >= 11 is 6.08. The molecule has 7 nitrogen and oxygen atoms in total. The monoisotopic (exact) mass is 342 g/mol. The number of benzene rings is 1. The Bertz CT molecular complexity index is 895. The largest absolute Gasteiger partial charge is 0.353 e. The van der Waals surface area contributed by atoms with E-state index in [2.05, 4.69) is 25.5 Å². The first kappa shape index (κ1) is 14.9. The van der Waals surface area contributed by atoms with Crippen molar-refractivity contribution in [3.05, 3.63) is 53.3 Å². The predicted molar refractivity (Wildman–Crippen MR) is 90.3 cm³/mol. The number of rotatable bonds is 3. The van der Waals surface area contributed by atoms with Crippen molar-refractivity contribution < 1.29 is 4.79 Å². The van der Waals surface area contributed by atoms with E-state index in [1.807, 2.05) is 18.2 Å². The maximum atomic E-state index is 12.4. The summed E-state index contributed by atoms with van der Waals surface area (Å²) in [7, 11) is 0. The van der Waals surface area contributed by atoms with Crippen LogP contribution >= 0.6 is 11.6 Å². The summed E-state index contributed by atoms with van der Waals surface area (Å²) in [6, 6.07) is 10.9. The summed E-state index contributed by atoms with van der Waals surface area (Å²) in [6.45, 7) is 1.53. The van der Waals surface area contributed by atoms with Crippen LogP contribution in [0.4, 0.5) is 5.82 Å². The van der Waals surface area contributed by atoms with E-state index in [0.717, 1.165) is 18.8 Å². The Morgan fingerprint density at radius 1 is 1.25 bits per heavy atom. The number of nitrogens with one attached hydrogen (secondary N) is 1. The second kappa shape index (κ2) is 6.09. The molecule has 24 heavy (non-hydrogen) atoms. The Morgan fingerprint density at radius 3 is 3.00 bits per heavy atom. The topological polar surface area (TPSA) is 75.4 Å². The van der Waals surface area contributed by atoms with Crippen LogP contribution < -0.4 is 10.2 Å². The summed E-state index contributed by atoms with van der Waals surface area (Å²) in [5, 5.41) is 15.8. The van der Waals surface area contributed by atoms with Gasteiger partial charge in [-0.1, -0.05) is 23.7 Å². The molecular formula is C16H15ClN6O. The number of halogens is 1. The van der Waals surface area contributed by atoms with E-state index in [0.29, 0.717) is 22.8 Å². The minimum Gasteiger partial charge on any atom is -0.353 e. The van der Waals surface area contributed by atoms with Crippen molar-refractivity contribution in [3.8, 4) is 0 Å². The molecule has 1 aliphatic heterocycles. The van der Waals surface area contributed by atoms with Gasteiger partial charge in [-0.2, -0.15) is 4.52 Å². The quantitative estimate of drug-likeness (QED) is 0.785. The molecule has 1 N–H and O–H groups in total. The zero-order valence-electron chi connectivity index (χ0n) is 12.8.